The average molecular weight is 220 g/mol. The van der Waals surface area contributed by atoms with Crippen LogP contribution >= 0.6 is 0 Å². The van der Waals surface area contributed by atoms with Gasteiger partial charge in [0.2, 0.25) is 0 Å². The minimum atomic E-state index is -1.03. The summed E-state index contributed by atoms with van der Waals surface area (Å²) in [5.41, 5.74) is 0. The summed E-state index contributed by atoms with van der Waals surface area (Å²) in [4.78, 5) is 0. The summed E-state index contributed by atoms with van der Waals surface area (Å²) in [6, 6.07) is 0. The van der Waals surface area contributed by atoms with Crippen molar-refractivity contribution in [3.05, 3.63) is 0 Å². The predicted octanol–water partition coefficient (Wildman–Crippen LogP) is -0.512. The van der Waals surface area contributed by atoms with Gasteiger partial charge in [-0.1, -0.05) is 13.8 Å². The molecule has 1 heterocycles. The van der Waals surface area contributed by atoms with Crippen molar-refractivity contribution in [1.29, 1.82) is 0 Å². The van der Waals surface area contributed by atoms with Gasteiger partial charge in [0.05, 0.1) is 19.3 Å². The Bertz CT molecular complexity index is 185. The summed E-state index contributed by atoms with van der Waals surface area (Å²) in [6.45, 7) is 4.24. The molecule has 5 nitrogen and oxygen atoms in total. The molecule has 90 valence electrons. The molecule has 0 saturated carbocycles. The zero-order chi connectivity index (χ0) is 11.4. The lowest BCUT2D eigenvalue weighted by molar-refractivity contribution is -0.258. The molecule has 0 aliphatic carbocycles. The molecule has 0 radical (unpaired) electrons. The minimum absolute atomic E-state index is 0.240. The molecule has 4 atom stereocenters. The van der Waals surface area contributed by atoms with E-state index in [2.05, 4.69) is 0 Å². The number of rotatable bonds is 4. The van der Waals surface area contributed by atoms with Crippen LogP contribution in [-0.4, -0.2) is 53.1 Å². The van der Waals surface area contributed by atoms with Gasteiger partial charge < -0.3 is 24.8 Å². The fraction of sp³-hybridized carbons (Fsp3) is 1.00. The monoisotopic (exact) mass is 220 g/mol. The van der Waals surface area contributed by atoms with Crippen LogP contribution in [0.5, 0.6) is 0 Å². The molecule has 0 amide bonds. The fourth-order valence-electron chi connectivity index (χ4n) is 1.47. The number of hydrogen-bond acceptors (Lipinski definition) is 5. The van der Waals surface area contributed by atoms with Gasteiger partial charge in [-0.05, 0) is 5.92 Å². The number of ether oxygens (including phenoxy) is 2. The van der Waals surface area contributed by atoms with Crippen molar-refractivity contribution in [1.82, 2.24) is 0 Å². The van der Waals surface area contributed by atoms with Crippen LogP contribution in [0, 0.1) is 5.92 Å². The summed E-state index contributed by atoms with van der Waals surface area (Å²) >= 11 is 0. The Labute approximate surface area is 89.6 Å². The van der Waals surface area contributed by atoms with Gasteiger partial charge in [0.15, 0.2) is 6.29 Å². The predicted molar refractivity (Wildman–Crippen MR) is 53.2 cm³/mol. The summed E-state index contributed by atoms with van der Waals surface area (Å²) in [6.07, 6.45) is -2.99. The van der Waals surface area contributed by atoms with E-state index in [-0.39, 0.29) is 13.0 Å². The molecule has 15 heavy (non-hydrogen) atoms. The highest BCUT2D eigenvalue weighted by Crippen LogP contribution is 2.21. The molecular weight excluding hydrogens is 200 g/mol. The standard InChI is InChI=1S/C10H20O5/c1-6(2)5-14-9-3-7(12)10(13)8(4-11)15-9/h6-13H,3-5H2,1-2H3/t7-,8-,9+,10+/m1/s1. The fourth-order valence-corrected chi connectivity index (χ4v) is 1.47. The lowest BCUT2D eigenvalue weighted by atomic mass is 10.0. The highest BCUT2D eigenvalue weighted by Gasteiger charge is 2.36. The third-order valence-corrected chi connectivity index (χ3v) is 2.33. The first-order valence-corrected chi connectivity index (χ1v) is 5.28. The highest BCUT2D eigenvalue weighted by molar-refractivity contribution is 4.82. The van der Waals surface area contributed by atoms with Gasteiger partial charge in [-0.2, -0.15) is 0 Å². The van der Waals surface area contributed by atoms with Gasteiger partial charge in [-0.25, -0.2) is 0 Å². The van der Waals surface area contributed by atoms with Crippen molar-refractivity contribution in [3.8, 4) is 0 Å². The smallest absolute Gasteiger partial charge is 0.160 e. The minimum Gasteiger partial charge on any atom is -0.394 e. The molecular formula is C10H20O5. The van der Waals surface area contributed by atoms with Crippen molar-refractivity contribution in [2.75, 3.05) is 13.2 Å². The molecule has 1 fully saturated rings. The zero-order valence-electron chi connectivity index (χ0n) is 9.17. The average Bonchev–Trinajstić information content (AvgIpc) is 2.19. The normalized spacial score (nSPS) is 37.2. The van der Waals surface area contributed by atoms with Crippen molar-refractivity contribution >= 4 is 0 Å². The quantitative estimate of drug-likeness (QED) is 0.594. The molecule has 0 aromatic heterocycles. The molecule has 0 aromatic rings. The van der Waals surface area contributed by atoms with Gasteiger partial charge in [0.1, 0.15) is 12.2 Å². The summed E-state index contributed by atoms with van der Waals surface area (Å²) < 4.78 is 10.7. The second kappa shape index (κ2) is 5.77. The van der Waals surface area contributed by atoms with Gasteiger partial charge >= 0.3 is 0 Å². The van der Waals surface area contributed by atoms with Crippen LogP contribution in [0.15, 0.2) is 0 Å². The van der Waals surface area contributed by atoms with E-state index in [1.54, 1.807) is 0 Å². The van der Waals surface area contributed by atoms with Crippen molar-refractivity contribution < 1.29 is 24.8 Å². The topological polar surface area (TPSA) is 79.2 Å². The number of aliphatic hydroxyl groups excluding tert-OH is 3. The SMILES string of the molecule is CC(C)CO[C@@H]1C[C@@H](O)[C@H](O)[C@@H](CO)O1. The maximum absolute atomic E-state index is 9.49. The molecule has 3 N–H and O–H groups in total. The molecule has 1 aliphatic heterocycles. The number of aliphatic hydroxyl groups is 3. The Balaban J connectivity index is 2.41. The lowest BCUT2D eigenvalue weighted by Gasteiger charge is -2.36. The maximum Gasteiger partial charge on any atom is 0.160 e. The second-order valence-electron chi connectivity index (χ2n) is 4.31. The first-order chi connectivity index (χ1) is 7.04. The van der Waals surface area contributed by atoms with Crippen LogP contribution in [-0.2, 0) is 9.47 Å². The largest absolute Gasteiger partial charge is 0.394 e. The molecule has 0 unspecified atom stereocenters. The zero-order valence-corrected chi connectivity index (χ0v) is 9.17. The lowest BCUT2D eigenvalue weighted by Crippen LogP contribution is -2.50. The molecule has 1 aliphatic rings. The van der Waals surface area contributed by atoms with E-state index in [0.717, 1.165) is 0 Å². The summed E-state index contributed by atoms with van der Waals surface area (Å²) in [7, 11) is 0. The third kappa shape index (κ3) is 3.70. The van der Waals surface area contributed by atoms with E-state index in [4.69, 9.17) is 14.6 Å². The van der Waals surface area contributed by atoms with Crippen molar-refractivity contribution in [2.24, 2.45) is 5.92 Å². The van der Waals surface area contributed by atoms with E-state index in [0.29, 0.717) is 12.5 Å². The first-order valence-electron chi connectivity index (χ1n) is 5.28. The van der Waals surface area contributed by atoms with Crippen molar-refractivity contribution in [2.45, 2.75) is 44.9 Å². The Hall–Kier alpha value is -0.200. The van der Waals surface area contributed by atoms with E-state index >= 15 is 0 Å². The Morgan fingerprint density at radius 2 is 2.07 bits per heavy atom. The van der Waals surface area contributed by atoms with Crippen LogP contribution in [0.4, 0.5) is 0 Å². The van der Waals surface area contributed by atoms with Gasteiger partial charge in [-0.15, -0.1) is 0 Å². The van der Waals surface area contributed by atoms with E-state index < -0.39 is 24.6 Å². The van der Waals surface area contributed by atoms with Crippen LogP contribution in [0.2, 0.25) is 0 Å². The first kappa shape index (κ1) is 12.9. The number of hydrogen-bond donors (Lipinski definition) is 3. The van der Waals surface area contributed by atoms with Gasteiger partial charge in [-0.3, -0.25) is 0 Å². The van der Waals surface area contributed by atoms with E-state index in [1.807, 2.05) is 13.8 Å². The van der Waals surface area contributed by atoms with Crippen LogP contribution in [0.25, 0.3) is 0 Å². The van der Waals surface area contributed by atoms with Crippen LogP contribution < -0.4 is 0 Å². The van der Waals surface area contributed by atoms with Gasteiger partial charge in [0.25, 0.3) is 0 Å². The Morgan fingerprint density at radius 3 is 2.60 bits per heavy atom. The third-order valence-electron chi connectivity index (χ3n) is 2.33. The maximum atomic E-state index is 9.49. The van der Waals surface area contributed by atoms with Crippen LogP contribution in [0.1, 0.15) is 20.3 Å². The van der Waals surface area contributed by atoms with Crippen molar-refractivity contribution in [3.63, 3.8) is 0 Å². The molecule has 0 spiro atoms. The summed E-state index contributed by atoms with van der Waals surface area (Å²) in [5.74, 6) is 0.380. The molecule has 5 heteroatoms. The van der Waals surface area contributed by atoms with E-state index in [1.165, 1.54) is 0 Å². The van der Waals surface area contributed by atoms with Gasteiger partial charge in [0, 0.05) is 6.42 Å². The molecule has 1 rings (SSSR count). The molecule has 0 bridgehead atoms. The highest BCUT2D eigenvalue weighted by atomic mass is 16.7. The van der Waals surface area contributed by atoms with Crippen LogP contribution in [0.3, 0.4) is 0 Å². The second-order valence-corrected chi connectivity index (χ2v) is 4.31. The molecule has 1 saturated heterocycles. The Morgan fingerprint density at radius 1 is 1.40 bits per heavy atom. The summed E-state index contributed by atoms with van der Waals surface area (Å²) in [5, 5.41) is 27.9. The molecule has 0 aromatic carbocycles. The Kier molecular flexibility index (Phi) is 4.95. The van der Waals surface area contributed by atoms with E-state index in [9.17, 15) is 10.2 Å².